The van der Waals surface area contributed by atoms with E-state index in [2.05, 4.69) is 27.7 Å². The van der Waals surface area contributed by atoms with E-state index >= 15 is 0 Å². The minimum atomic E-state index is -0.191. The predicted molar refractivity (Wildman–Crippen MR) is 129 cm³/mol. The van der Waals surface area contributed by atoms with Gasteiger partial charge in [0.1, 0.15) is 11.3 Å². The number of hydrogen-bond acceptors (Lipinski definition) is 4. The fourth-order valence-corrected chi connectivity index (χ4v) is 4.18. The summed E-state index contributed by atoms with van der Waals surface area (Å²) in [5.74, 6) is 0.537. The highest BCUT2D eigenvalue weighted by Crippen LogP contribution is 2.33. The van der Waals surface area contributed by atoms with Gasteiger partial charge < -0.3 is 15.1 Å². The van der Waals surface area contributed by atoms with Crippen LogP contribution >= 0.6 is 11.6 Å². The maximum absolute atomic E-state index is 12.7. The van der Waals surface area contributed by atoms with Crippen LogP contribution in [0, 0.1) is 0 Å². The first-order chi connectivity index (χ1) is 15.7. The number of fused-ring (bicyclic) bond motifs is 1. The Bertz CT molecular complexity index is 1240. The second-order valence-corrected chi connectivity index (χ2v) is 8.45. The predicted octanol–water partition coefficient (Wildman–Crippen LogP) is 5.41. The third-order valence-electron chi connectivity index (χ3n) is 5.74. The second kappa shape index (κ2) is 9.17. The molecule has 1 saturated heterocycles. The molecule has 2 heterocycles. The Balaban J connectivity index is 1.40. The van der Waals surface area contributed by atoms with Crippen molar-refractivity contribution < 1.29 is 9.21 Å². The summed E-state index contributed by atoms with van der Waals surface area (Å²) < 4.78 is 6.15. The van der Waals surface area contributed by atoms with Crippen molar-refractivity contribution in [1.82, 2.24) is 10.2 Å². The van der Waals surface area contributed by atoms with E-state index in [0.717, 1.165) is 55.0 Å². The molecule has 3 aromatic carbocycles. The monoisotopic (exact) mass is 445 g/mol. The molecular formula is C26H24ClN3O2. The van der Waals surface area contributed by atoms with Crippen LogP contribution in [0.3, 0.4) is 0 Å². The van der Waals surface area contributed by atoms with Gasteiger partial charge in [-0.3, -0.25) is 9.69 Å². The van der Waals surface area contributed by atoms with Gasteiger partial charge in [-0.05, 0) is 60.2 Å². The van der Waals surface area contributed by atoms with Gasteiger partial charge in [-0.15, -0.1) is 0 Å². The number of halogens is 1. The van der Waals surface area contributed by atoms with Crippen LogP contribution in [0.15, 0.2) is 77.2 Å². The van der Waals surface area contributed by atoms with Gasteiger partial charge in [-0.25, -0.2) is 0 Å². The van der Waals surface area contributed by atoms with E-state index in [9.17, 15) is 4.79 Å². The summed E-state index contributed by atoms with van der Waals surface area (Å²) in [6, 6.07) is 22.9. The Labute approximate surface area is 192 Å². The Morgan fingerprint density at radius 2 is 1.78 bits per heavy atom. The van der Waals surface area contributed by atoms with Crippen LogP contribution in [0.5, 0.6) is 0 Å². The number of anilines is 1. The Kier molecular flexibility index (Phi) is 5.95. The van der Waals surface area contributed by atoms with Crippen molar-refractivity contribution in [3.8, 4) is 11.3 Å². The van der Waals surface area contributed by atoms with Crippen molar-refractivity contribution >= 4 is 34.2 Å². The van der Waals surface area contributed by atoms with Crippen molar-refractivity contribution in [2.75, 3.05) is 31.5 Å². The van der Waals surface area contributed by atoms with E-state index in [-0.39, 0.29) is 5.91 Å². The van der Waals surface area contributed by atoms with E-state index < -0.39 is 0 Å². The van der Waals surface area contributed by atoms with Gasteiger partial charge in [0.25, 0.3) is 5.91 Å². The van der Waals surface area contributed by atoms with Gasteiger partial charge in [0.2, 0.25) is 0 Å². The van der Waals surface area contributed by atoms with Crippen molar-refractivity contribution in [2.45, 2.75) is 6.54 Å². The molecule has 32 heavy (non-hydrogen) atoms. The fourth-order valence-electron chi connectivity index (χ4n) is 4.05. The van der Waals surface area contributed by atoms with Crippen LogP contribution in [0.2, 0.25) is 5.02 Å². The number of para-hydroxylation sites is 1. The molecule has 0 bridgehead atoms. The SMILES string of the molecule is O=C(Nc1ccccc1-c1cc2cc(CN3CCNCC3)ccc2o1)c1ccc(Cl)cc1. The topological polar surface area (TPSA) is 57.5 Å². The van der Waals surface area contributed by atoms with E-state index in [0.29, 0.717) is 16.3 Å². The molecule has 5 nitrogen and oxygen atoms in total. The normalized spacial score (nSPS) is 14.5. The van der Waals surface area contributed by atoms with Gasteiger partial charge in [0.05, 0.1) is 5.69 Å². The second-order valence-electron chi connectivity index (χ2n) is 8.02. The van der Waals surface area contributed by atoms with Crippen molar-refractivity contribution in [1.29, 1.82) is 0 Å². The molecule has 0 aliphatic carbocycles. The highest BCUT2D eigenvalue weighted by atomic mass is 35.5. The van der Waals surface area contributed by atoms with Crippen molar-refractivity contribution in [2.24, 2.45) is 0 Å². The van der Waals surface area contributed by atoms with Gasteiger partial charge in [-0.2, -0.15) is 0 Å². The number of benzene rings is 3. The van der Waals surface area contributed by atoms with E-state index in [4.69, 9.17) is 16.0 Å². The largest absolute Gasteiger partial charge is 0.456 e. The summed E-state index contributed by atoms with van der Waals surface area (Å²) in [5, 5.41) is 8.05. The molecule has 0 saturated carbocycles. The third kappa shape index (κ3) is 4.55. The van der Waals surface area contributed by atoms with Crippen LogP contribution in [-0.4, -0.2) is 37.0 Å². The molecule has 6 heteroatoms. The smallest absolute Gasteiger partial charge is 0.255 e. The lowest BCUT2D eigenvalue weighted by molar-refractivity contribution is 0.102. The average Bonchev–Trinajstić information content (AvgIpc) is 3.24. The zero-order valence-electron chi connectivity index (χ0n) is 17.6. The summed E-state index contributed by atoms with van der Waals surface area (Å²) >= 11 is 5.94. The molecule has 162 valence electrons. The number of nitrogens with one attached hydrogen (secondary N) is 2. The molecule has 2 N–H and O–H groups in total. The lowest BCUT2D eigenvalue weighted by Crippen LogP contribution is -2.42. The standard InChI is InChI=1S/C26H24ClN3O2/c27-21-8-6-19(7-9-21)26(31)29-23-4-2-1-3-22(23)25-16-20-15-18(5-10-24(20)32-25)17-30-13-11-28-12-14-30/h1-10,15-16,28H,11-14,17H2,(H,29,31). The molecule has 0 radical (unpaired) electrons. The molecule has 5 rings (SSSR count). The highest BCUT2D eigenvalue weighted by molar-refractivity contribution is 6.30. The third-order valence-corrected chi connectivity index (χ3v) is 6.00. The first kappa shape index (κ1) is 20.8. The molecule has 1 aliphatic rings. The number of furan rings is 1. The fraction of sp³-hybridized carbons (Fsp3) is 0.192. The molecule has 1 amide bonds. The molecular weight excluding hydrogens is 422 g/mol. The Morgan fingerprint density at radius 1 is 1.00 bits per heavy atom. The quantitative estimate of drug-likeness (QED) is 0.431. The molecule has 4 aromatic rings. The van der Waals surface area contributed by atoms with E-state index in [1.165, 1.54) is 5.56 Å². The van der Waals surface area contributed by atoms with Crippen LogP contribution in [-0.2, 0) is 6.54 Å². The summed E-state index contributed by atoms with van der Waals surface area (Å²) in [4.78, 5) is 15.2. The highest BCUT2D eigenvalue weighted by Gasteiger charge is 2.15. The molecule has 1 aromatic heterocycles. The number of rotatable bonds is 5. The van der Waals surface area contributed by atoms with Crippen LogP contribution in [0.1, 0.15) is 15.9 Å². The number of hydrogen-bond donors (Lipinski definition) is 2. The average molecular weight is 446 g/mol. The maximum Gasteiger partial charge on any atom is 0.255 e. The van der Waals surface area contributed by atoms with E-state index in [1.54, 1.807) is 24.3 Å². The maximum atomic E-state index is 12.7. The first-order valence-corrected chi connectivity index (χ1v) is 11.2. The minimum Gasteiger partial charge on any atom is -0.456 e. The van der Waals surface area contributed by atoms with E-state index in [1.807, 2.05) is 36.4 Å². The number of piperazine rings is 1. The zero-order valence-corrected chi connectivity index (χ0v) is 18.4. The molecule has 0 atom stereocenters. The molecule has 0 unspecified atom stereocenters. The molecule has 1 aliphatic heterocycles. The molecule has 1 fully saturated rings. The Morgan fingerprint density at radius 3 is 2.59 bits per heavy atom. The van der Waals surface area contributed by atoms with Crippen LogP contribution in [0.25, 0.3) is 22.3 Å². The van der Waals surface area contributed by atoms with Gasteiger partial charge in [-0.1, -0.05) is 29.8 Å². The van der Waals surface area contributed by atoms with Crippen molar-refractivity contribution in [3.63, 3.8) is 0 Å². The summed E-state index contributed by atoms with van der Waals surface area (Å²) in [6.07, 6.45) is 0. The van der Waals surface area contributed by atoms with Crippen molar-refractivity contribution in [3.05, 3.63) is 88.9 Å². The summed E-state index contributed by atoms with van der Waals surface area (Å²) in [5.41, 5.74) is 4.20. The summed E-state index contributed by atoms with van der Waals surface area (Å²) in [7, 11) is 0. The van der Waals surface area contributed by atoms with Crippen LogP contribution in [0.4, 0.5) is 5.69 Å². The minimum absolute atomic E-state index is 0.191. The van der Waals surface area contributed by atoms with Gasteiger partial charge in [0, 0.05) is 54.3 Å². The first-order valence-electron chi connectivity index (χ1n) is 10.8. The molecule has 0 spiro atoms. The van der Waals surface area contributed by atoms with Gasteiger partial charge >= 0.3 is 0 Å². The van der Waals surface area contributed by atoms with Gasteiger partial charge in [0.15, 0.2) is 0 Å². The lowest BCUT2D eigenvalue weighted by atomic mass is 10.1. The van der Waals surface area contributed by atoms with Crippen LogP contribution < -0.4 is 10.6 Å². The number of amides is 1. The Hall–Kier alpha value is -3.12. The number of carbonyl (C=O) groups is 1. The summed E-state index contributed by atoms with van der Waals surface area (Å²) in [6.45, 7) is 5.14. The number of nitrogens with zero attached hydrogens (tertiary/aromatic N) is 1. The zero-order chi connectivity index (χ0) is 21.9. The number of carbonyl (C=O) groups excluding carboxylic acids is 1. The lowest BCUT2D eigenvalue weighted by Gasteiger charge is -2.27.